The molecule has 1 nitrogen and oxygen atoms in total. The van der Waals surface area contributed by atoms with E-state index in [9.17, 15) is 4.39 Å². The van der Waals surface area contributed by atoms with Crippen molar-refractivity contribution in [2.75, 3.05) is 5.33 Å². The van der Waals surface area contributed by atoms with Crippen LogP contribution in [0.2, 0.25) is 0 Å². The fraction of sp³-hybridized carbons (Fsp3) is 0.200. The molecule has 0 saturated heterocycles. The molecule has 0 fully saturated rings. The number of halogens is 2. The third-order valence-electron chi connectivity index (χ3n) is 2.55. The lowest BCUT2D eigenvalue weighted by Crippen LogP contribution is -1.89. The van der Waals surface area contributed by atoms with Gasteiger partial charge in [-0.2, -0.15) is 0 Å². The van der Waals surface area contributed by atoms with E-state index in [2.05, 4.69) is 22.0 Å². The van der Waals surface area contributed by atoms with Crippen LogP contribution >= 0.6 is 15.9 Å². The van der Waals surface area contributed by atoms with Crippen LogP contribution in [0.25, 0.3) is 0 Å². The second kappa shape index (κ2) is 6.55. The Kier molecular flexibility index (Phi) is 4.76. The molecule has 18 heavy (non-hydrogen) atoms. The first-order chi connectivity index (χ1) is 8.78. The fourth-order valence-corrected chi connectivity index (χ4v) is 1.95. The van der Waals surface area contributed by atoms with Gasteiger partial charge in [0.15, 0.2) is 0 Å². The van der Waals surface area contributed by atoms with Gasteiger partial charge in [0, 0.05) is 5.33 Å². The molecule has 0 aromatic heterocycles. The van der Waals surface area contributed by atoms with E-state index in [1.54, 1.807) is 12.1 Å². The summed E-state index contributed by atoms with van der Waals surface area (Å²) in [4.78, 5) is 0. The zero-order valence-electron chi connectivity index (χ0n) is 9.90. The van der Waals surface area contributed by atoms with Crippen molar-refractivity contribution in [3.05, 3.63) is 59.9 Å². The van der Waals surface area contributed by atoms with E-state index in [0.717, 1.165) is 23.9 Å². The van der Waals surface area contributed by atoms with Gasteiger partial charge in [-0.3, -0.25) is 0 Å². The Hall–Kier alpha value is -1.35. The minimum Gasteiger partial charge on any atom is -0.457 e. The Balaban J connectivity index is 2.06. The van der Waals surface area contributed by atoms with Gasteiger partial charge in [0.05, 0.1) is 0 Å². The summed E-state index contributed by atoms with van der Waals surface area (Å²) in [7, 11) is 0. The summed E-state index contributed by atoms with van der Waals surface area (Å²) in [6.07, 6.45) is 2.12. The molecule has 0 heterocycles. The van der Waals surface area contributed by atoms with Crippen molar-refractivity contribution in [1.29, 1.82) is 0 Å². The molecule has 0 bridgehead atoms. The number of hydrogen-bond acceptors (Lipinski definition) is 1. The molecule has 3 heteroatoms. The SMILES string of the molecule is Fc1ccc(Oc2cccc(CCCBr)c2)cc1. The molecule has 2 rings (SSSR count). The first-order valence-corrected chi connectivity index (χ1v) is 6.98. The molecule has 0 atom stereocenters. The maximum absolute atomic E-state index is 12.8. The highest BCUT2D eigenvalue weighted by molar-refractivity contribution is 9.09. The number of aryl methyl sites for hydroxylation is 1. The van der Waals surface area contributed by atoms with Gasteiger partial charge < -0.3 is 4.74 Å². The maximum atomic E-state index is 12.8. The van der Waals surface area contributed by atoms with Crippen molar-refractivity contribution in [3.63, 3.8) is 0 Å². The van der Waals surface area contributed by atoms with Gasteiger partial charge in [-0.1, -0.05) is 28.1 Å². The smallest absolute Gasteiger partial charge is 0.127 e. The quantitative estimate of drug-likeness (QED) is 0.710. The van der Waals surface area contributed by atoms with E-state index in [0.29, 0.717) is 5.75 Å². The summed E-state index contributed by atoms with van der Waals surface area (Å²) >= 11 is 3.42. The lowest BCUT2D eigenvalue weighted by Gasteiger charge is -2.07. The standard InChI is InChI=1S/C15H14BrFO/c16-10-2-4-12-3-1-5-15(11-12)18-14-8-6-13(17)7-9-14/h1,3,5-9,11H,2,4,10H2. The molecule has 0 saturated carbocycles. The van der Waals surface area contributed by atoms with Crippen LogP contribution in [0, 0.1) is 5.82 Å². The molecular weight excluding hydrogens is 295 g/mol. The average molecular weight is 309 g/mol. The summed E-state index contributed by atoms with van der Waals surface area (Å²) < 4.78 is 18.4. The van der Waals surface area contributed by atoms with Gasteiger partial charge >= 0.3 is 0 Å². The Bertz CT molecular complexity index is 496. The minimum atomic E-state index is -0.256. The number of alkyl halides is 1. The molecule has 0 N–H and O–H groups in total. The van der Waals surface area contributed by atoms with Crippen LogP contribution in [-0.4, -0.2) is 5.33 Å². The van der Waals surface area contributed by atoms with Gasteiger partial charge in [-0.25, -0.2) is 4.39 Å². The summed E-state index contributed by atoms with van der Waals surface area (Å²) in [5, 5.41) is 0.996. The molecule has 0 amide bonds. The lowest BCUT2D eigenvalue weighted by molar-refractivity contribution is 0.480. The highest BCUT2D eigenvalue weighted by Gasteiger charge is 1.99. The van der Waals surface area contributed by atoms with Crippen LogP contribution in [0.3, 0.4) is 0 Å². The van der Waals surface area contributed by atoms with Gasteiger partial charge in [-0.15, -0.1) is 0 Å². The lowest BCUT2D eigenvalue weighted by atomic mass is 10.1. The maximum Gasteiger partial charge on any atom is 0.127 e. The van der Waals surface area contributed by atoms with E-state index >= 15 is 0 Å². The van der Waals surface area contributed by atoms with Gasteiger partial charge in [0.25, 0.3) is 0 Å². The Morgan fingerprint density at radius 3 is 2.50 bits per heavy atom. The van der Waals surface area contributed by atoms with Crippen LogP contribution < -0.4 is 4.74 Å². The predicted molar refractivity (Wildman–Crippen MR) is 75.0 cm³/mol. The third kappa shape index (κ3) is 3.84. The van der Waals surface area contributed by atoms with Crippen molar-refractivity contribution < 1.29 is 9.13 Å². The van der Waals surface area contributed by atoms with Crippen LogP contribution in [0.5, 0.6) is 11.5 Å². The van der Waals surface area contributed by atoms with Crippen molar-refractivity contribution >= 4 is 15.9 Å². The third-order valence-corrected chi connectivity index (χ3v) is 3.11. The second-order valence-electron chi connectivity index (χ2n) is 4.00. The molecule has 0 unspecified atom stereocenters. The van der Waals surface area contributed by atoms with E-state index in [1.165, 1.54) is 17.7 Å². The second-order valence-corrected chi connectivity index (χ2v) is 4.79. The number of rotatable bonds is 5. The highest BCUT2D eigenvalue weighted by Crippen LogP contribution is 2.22. The van der Waals surface area contributed by atoms with Crippen molar-refractivity contribution in [2.45, 2.75) is 12.8 Å². The number of benzene rings is 2. The van der Waals surface area contributed by atoms with Crippen molar-refractivity contribution in [3.8, 4) is 11.5 Å². The summed E-state index contributed by atoms with van der Waals surface area (Å²) in [5.41, 5.74) is 1.24. The average Bonchev–Trinajstić information content (AvgIpc) is 2.40. The number of hydrogen-bond donors (Lipinski definition) is 0. The first kappa shape index (κ1) is 13.1. The molecule has 0 radical (unpaired) electrons. The van der Waals surface area contributed by atoms with E-state index < -0.39 is 0 Å². The zero-order chi connectivity index (χ0) is 12.8. The molecular formula is C15H14BrFO. The van der Waals surface area contributed by atoms with Crippen LogP contribution in [-0.2, 0) is 6.42 Å². The largest absolute Gasteiger partial charge is 0.457 e. The minimum absolute atomic E-state index is 0.256. The fourth-order valence-electron chi connectivity index (χ4n) is 1.67. The molecule has 2 aromatic rings. The summed E-state index contributed by atoms with van der Waals surface area (Å²) in [5.74, 6) is 1.18. The first-order valence-electron chi connectivity index (χ1n) is 5.86. The molecule has 94 valence electrons. The van der Waals surface area contributed by atoms with E-state index in [1.807, 2.05) is 18.2 Å². The molecule has 2 aromatic carbocycles. The molecule has 0 aliphatic rings. The van der Waals surface area contributed by atoms with E-state index in [-0.39, 0.29) is 5.82 Å². The van der Waals surface area contributed by atoms with E-state index in [4.69, 9.17) is 4.74 Å². The predicted octanol–water partition coefficient (Wildman–Crippen LogP) is 4.95. The summed E-state index contributed by atoms with van der Waals surface area (Å²) in [6, 6.07) is 14.0. The van der Waals surface area contributed by atoms with Crippen LogP contribution in [0.4, 0.5) is 4.39 Å². The van der Waals surface area contributed by atoms with Crippen LogP contribution in [0.1, 0.15) is 12.0 Å². The van der Waals surface area contributed by atoms with Gasteiger partial charge in [-0.05, 0) is 54.8 Å². The van der Waals surface area contributed by atoms with Crippen LogP contribution in [0.15, 0.2) is 48.5 Å². The normalized spacial score (nSPS) is 10.3. The number of ether oxygens (including phenoxy) is 1. The summed E-state index contributed by atoms with van der Waals surface area (Å²) in [6.45, 7) is 0. The molecule has 0 aliphatic carbocycles. The highest BCUT2D eigenvalue weighted by atomic mass is 79.9. The monoisotopic (exact) mass is 308 g/mol. The Morgan fingerprint density at radius 1 is 1.00 bits per heavy atom. The van der Waals surface area contributed by atoms with Crippen molar-refractivity contribution in [2.24, 2.45) is 0 Å². The molecule has 0 aliphatic heterocycles. The molecule has 0 spiro atoms. The Labute approximate surface area is 115 Å². The topological polar surface area (TPSA) is 9.23 Å². The van der Waals surface area contributed by atoms with Gasteiger partial charge in [0.2, 0.25) is 0 Å². The Morgan fingerprint density at radius 2 is 1.78 bits per heavy atom. The van der Waals surface area contributed by atoms with Crippen molar-refractivity contribution in [1.82, 2.24) is 0 Å². The van der Waals surface area contributed by atoms with Gasteiger partial charge in [0.1, 0.15) is 17.3 Å². The zero-order valence-corrected chi connectivity index (χ0v) is 11.5.